The van der Waals surface area contributed by atoms with E-state index in [1.54, 1.807) is 6.07 Å². The van der Waals surface area contributed by atoms with E-state index >= 15 is 0 Å². The number of pyridine rings is 1. The van der Waals surface area contributed by atoms with Crippen LogP contribution in [0.3, 0.4) is 0 Å². The molecule has 7 heteroatoms. The predicted octanol–water partition coefficient (Wildman–Crippen LogP) is 4.04. The molecule has 2 aromatic carbocycles. The van der Waals surface area contributed by atoms with Gasteiger partial charge in [0.25, 0.3) is 5.91 Å². The van der Waals surface area contributed by atoms with Gasteiger partial charge in [-0.3, -0.25) is 9.78 Å². The first-order valence-electron chi connectivity index (χ1n) is 12.9. The Labute approximate surface area is 217 Å². The van der Waals surface area contributed by atoms with Crippen molar-refractivity contribution in [1.29, 1.82) is 5.26 Å². The molecular formula is C30H31N5O2. The van der Waals surface area contributed by atoms with E-state index in [0.717, 1.165) is 48.7 Å². The van der Waals surface area contributed by atoms with Crippen LogP contribution in [0.2, 0.25) is 0 Å². The van der Waals surface area contributed by atoms with Gasteiger partial charge in [-0.05, 0) is 60.9 Å². The van der Waals surface area contributed by atoms with Gasteiger partial charge in [0.15, 0.2) is 0 Å². The minimum Gasteiger partial charge on any atom is -0.375 e. The highest BCUT2D eigenvalue weighted by Gasteiger charge is 2.47. The summed E-state index contributed by atoms with van der Waals surface area (Å²) in [5, 5.41) is 12.7. The number of nitrogens with one attached hydrogen (secondary N) is 1. The van der Waals surface area contributed by atoms with Gasteiger partial charge in [-0.15, -0.1) is 0 Å². The first kappa shape index (κ1) is 23.5. The number of para-hydroxylation sites is 1. The Morgan fingerprint density at radius 3 is 2.70 bits per heavy atom. The lowest BCUT2D eigenvalue weighted by molar-refractivity contribution is 0.0757. The Balaban J connectivity index is 1.08. The predicted molar refractivity (Wildman–Crippen MR) is 142 cm³/mol. The van der Waals surface area contributed by atoms with Crippen LogP contribution in [0.5, 0.6) is 0 Å². The van der Waals surface area contributed by atoms with Gasteiger partial charge >= 0.3 is 0 Å². The number of carbonyl (C=O) groups is 1. The van der Waals surface area contributed by atoms with E-state index in [1.165, 1.54) is 12.1 Å². The molecule has 2 saturated heterocycles. The van der Waals surface area contributed by atoms with Gasteiger partial charge < -0.3 is 19.9 Å². The maximum atomic E-state index is 13.0. The number of aromatic nitrogens is 1. The van der Waals surface area contributed by atoms with E-state index in [1.807, 2.05) is 25.3 Å². The maximum Gasteiger partial charge on any atom is 0.251 e. The van der Waals surface area contributed by atoms with Crippen LogP contribution in [0, 0.1) is 16.7 Å². The van der Waals surface area contributed by atoms with Crippen molar-refractivity contribution < 1.29 is 9.53 Å². The average Bonchev–Trinajstić information content (AvgIpc) is 3.38. The molecule has 1 N–H and O–H groups in total. The maximum absolute atomic E-state index is 13.0. The number of anilines is 2. The summed E-state index contributed by atoms with van der Waals surface area (Å²) in [6.45, 7) is 7.28. The zero-order valence-electron chi connectivity index (χ0n) is 21.1. The summed E-state index contributed by atoms with van der Waals surface area (Å²) in [6, 6.07) is 22.6. The smallest absolute Gasteiger partial charge is 0.251 e. The minimum absolute atomic E-state index is 0.169. The van der Waals surface area contributed by atoms with Gasteiger partial charge in [0.1, 0.15) is 5.41 Å². The first-order chi connectivity index (χ1) is 18.0. The normalized spacial score (nSPS) is 21.7. The standard InChI is InChI=1S/C30H31N5O2/c1-29(17-31)21-37-16-23-8-7-22(13-27(23)29)28(36)33-15-24-14-26(9-11-32-24)34-12-10-30(18-34)19-35(20-30)25-5-3-2-4-6-25/h2-9,11,13-14H,10,12,15-16,18-21H2,1H3,(H,33,36)/t29-/m1/s1. The van der Waals surface area contributed by atoms with Crippen molar-refractivity contribution in [3.8, 4) is 6.07 Å². The zero-order chi connectivity index (χ0) is 25.5. The molecular weight excluding hydrogens is 462 g/mol. The summed E-state index contributed by atoms with van der Waals surface area (Å²) in [7, 11) is 0. The molecule has 3 aliphatic rings. The number of ether oxygens (including phenoxy) is 1. The monoisotopic (exact) mass is 493 g/mol. The molecule has 0 aliphatic carbocycles. The van der Waals surface area contributed by atoms with Crippen molar-refractivity contribution in [3.05, 3.63) is 89.2 Å². The highest BCUT2D eigenvalue weighted by Crippen LogP contribution is 2.43. The number of hydrogen-bond acceptors (Lipinski definition) is 6. The molecule has 0 saturated carbocycles. The van der Waals surface area contributed by atoms with Crippen LogP contribution >= 0.6 is 0 Å². The molecule has 3 aromatic rings. The summed E-state index contributed by atoms with van der Waals surface area (Å²) in [5.41, 5.74) is 5.29. The second-order valence-electron chi connectivity index (χ2n) is 10.9. The van der Waals surface area contributed by atoms with Crippen molar-refractivity contribution >= 4 is 17.3 Å². The van der Waals surface area contributed by atoms with Crippen LogP contribution in [0.15, 0.2) is 66.9 Å². The fourth-order valence-electron chi connectivity index (χ4n) is 5.92. The second-order valence-corrected chi connectivity index (χ2v) is 10.9. The van der Waals surface area contributed by atoms with Crippen molar-refractivity contribution in [3.63, 3.8) is 0 Å². The van der Waals surface area contributed by atoms with E-state index in [-0.39, 0.29) is 5.91 Å². The molecule has 0 unspecified atom stereocenters. The number of rotatable bonds is 5. The topological polar surface area (TPSA) is 81.5 Å². The Kier molecular flexibility index (Phi) is 5.85. The number of amides is 1. The summed E-state index contributed by atoms with van der Waals surface area (Å²) in [4.78, 5) is 22.4. The molecule has 2 fully saturated rings. The number of nitriles is 1. The van der Waals surface area contributed by atoms with E-state index in [0.29, 0.717) is 30.7 Å². The first-order valence-corrected chi connectivity index (χ1v) is 12.9. The van der Waals surface area contributed by atoms with Crippen LogP contribution in [-0.4, -0.2) is 43.7 Å². The Morgan fingerprint density at radius 1 is 1.08 bits per heavy atom. The molecule has 37 heavy (non-hydrogen) atoms. The van der Waals surface area contributed by atoms with E-state index in [9.17, 15) is 10.1 Å². The summed E-state index contributed by atoms with van der Waals surface area (Å²) in [5.74, 6) is -0.169. The molecule has 1 spiro atoms. The van der Waals surface area contributed by atoms with Gasteiger partial charge in [-0.1, -0.05) is 24.3 Å². The summed E-state index contributed by atoms with van der Waals surface area (Å²) in [6.07, 6.45) is 3.02. The molecule has 3 aliphatic heterocycles. The number of benzene rings is 2. The number of nitrogens with zero attached hydrogens (tertiary/aromatic N) is 4. The molecule has 6 rings (SSSR count). The molecule has 4 heterocycles. The molecule has 188 valence electrons. The van der Waals surface area contributed by atoms with Gasteiger partial charge in [0.05, 0.1) is 31.5 Å². The molecule has 0 bridgehead atoms. The Bertz CT molecular complexity index is 1360. The fraction of sp³-hybridized carbons (Fsp3) is 0.367. The van der Waals surface area contributed by atoms with Crippen molar-refractivity contribution in [2.75, 3.05) is 42.6 Å². The lowest BCUT2D eigenvalue weighted by Gasteiger charge is -2.49. The lowest BCUT2D eigenvalue weighted by Crippen LogP contribution is -2.57. The van der Waals surface area contributed by atoms with Crippen LogP contribution < -0.4 is 15.1 Å². The third-order valence-corrected chi connectivity index (χ3v) is 8.07. The quantitative estimate of drug-likeness (QED) is 0.578. The van der Waals surface area contributed by atoms with Gasteiger partial charge in [-0.25, -0.2) is 0 Å². The van der Waals surface area contributed by atoms with E-state index in [4.69, 9.17) is 4.74 Å². The molecule has 7 nitrogen and oxygen atoms in total. The highest BCUT2D eigenvalue weighted by atomic mass is 16.5. The van der Waals surface area contributed by atoms with E-state index < -0.39 is 5.41 Å². The molecule has 1 atom stereocenters. The highest BCUT2D eigenvalue weighted by molar-refractivity contribution is 5.94. The van der Waals surface area contributed by atoms with Crippen LogP contribution in [0.1, 0.15) is 40.5 Å². The minimum atomic E-state index is -0.745. The number of fused-ring (bicyclic) bond motifs is 1. The number of hydrogen-bond donors (Lipinski definition) is 1. The lowest BCUT2D eigenvalue weighted by atomic mass is 9.78. The molecule has 1 amide bonds. The van der Waals surface area contributed by atoms with Crippen LogP contribution in [0.25, 0.3) is 0 Å². The van der Waals surface area contributed by atoms with Crippen molar-refractivity contribution in [1.82, 2.24) is 10.3 Å². The average molecular weight is 494 g/mol. The van der Waals surface area contributed by atoms with Crippen LogP contribution in [0.4, 0.5) is 11.4 Å². The third kappa shape index (κ3) is 4.42. The second kappa shape index (κ2) is 9.20. The molecule has 1 aromatic heterocycles. The third-order valence-electron chi connectivity index (χ3n) is 8.07. The zero-order valence-corrected chi connectivity index (χ0v) is 21.1. The molecule has 0 radical (unpaired) electrons. The summed E-state index contributed by atoms with van der Waals surface area (Å²) >= 11 is 0. The largest absolute Gasteiger partial charge is 0.375 e. The van der Waals surface area contributed by atoms with Gasteiger partial charge in [-0.2, -0.15) is 5.26 Å². The number of carbonyl (C=O) groups excluding carboxylic acids is 1. The van der Waals surface area contributed by atoms with Gasteiger partial charge in [0.2, 0.25) is 0 Å². The van der Waals surface area contributed by atoms with Crippen molar-refractivity contribution in [2.45, 2.75) is 31.9 Å². The van der Waals surface area contributed by atoms with E-state index in [2.05, 4.69) is 68.6 Å². The van der Waals surface area contributed by atoms with Gasteiger partial charge in [0, 0.05) is 54.7 Å². The Morgan fingerprint density at radius 2 is 1.89 bits per heavy atom. The van der Waals surface area contributed by atoms with Crippen LogP contribution in [-0.2, 0) is 23.3 Å². The Hall–Kier alpha value is -3.89. The fourth-order valence-corrected chi connectivity index (χ4v) is 5.92. The summed E-state index contributed by atoms with van der Waals surface area (Å²) < 4.78 is 5.57. The SMILES string of the molecule is C[C@@]1(C#N)COCc2ccc(C(=O)NCc3cc(N4CCC5(C4)CN(c4ccccc4)C5)ccn3)cc21. The van der Waals surface area contributed by atoms with Crippen molar-refractivity contribution in [2.24, 2.45) is 5.41 Å².